The van der Waals surface area contributed by atoms with Gasteiger partial charge in [-0.25, -0.2) is 4.68 Å². The number of hydrogen-bond donors (Lipinski definition) is 1. The minimum absolute atomic E-state index is 0.139. The van der Waals surface area contributed by atoms with Gasteiger partial charge < -0.3 is 14.8 Å². The molecule has 8 nitrogen and oxygen atoms in total. The zero-order valence-corrected chi connectivity index (χ0v) is 15.8. The van der Waals surface area contributed by atoms with Gasteiger partial charge in [0.1, 0.15) is 17.9 Å². The lowest BCUT2D eigenvalue weighted by Gasteiger charge is -2.09. The van der Waals surface area contributed by atoms with Gasteiger partial charge in [-0.05, 0) is 42.1 Å². The third kappa shape index (κ3) is 2.71. The predicted molar refractivity (Wildman–Crippen MR) is 104 cm³/mol. The molecular weight excluding hydrogens is 380 g/mol. The summed E-state index contributed by atoms with van der Waals surface area (Å²) >= 11 is 1.57. The molecule has 4 heterocycles. The van der Waals surface area contributed by atoms with Gasteiger partial charge in [0.2, 0.25) is 12.7 Å². The molecule has 5 rings (SSSR count). The first-order valence-corrected chi connectivity index (χ1v) is 9.60. The van der Waals surface area contributed by atoms with Gasteiger partial charge in [-0.2, -0.15) is 5.10 Å². The third-order valence-corrected chi connectivity index (χ3v) is 5.54. The number of benzene rings is 1. The predicted octanol–water partition coefficient (Wildman–Crippen LogP) is 2.06. The van der Waals surface area contributed by atoms with Crippen LogP contribution in [-0.4, -0.2) is 26.9 Å². The molecule has 4 aromatic rings. The van der Waals surface area contributed by atoms with Crippen LogP contribution in [0.4, 0.5) is 0 Å². The average Bonchev–Trinajstić information content (AvgIpc) is 3.38. The second-order valence-corrected chi connectivity index (χ2v) is 7.46. The van der Waals surface area contributed by atoms with Crippen LogP contribution in [0, 0.1) is 6.92 Å². The van der Waals surface area contributed by atoms with E-state index in [1.807, 2.05) is 47.0 Å². The molecule has 0 unspecified atom stereocenters. The van der Waals surface area contributed by atoms with Gasteiger partial charge in [-0.3, -0.25) is 14.0 Å². The lowest BCUT2D eigenvalue weighted by atomic mass is 10.2. The highest BCUT2D eigenvalue weighted by molar-refractivity contribution is 7.17. The van der Waals surface area contributed by atoms with Gasteiger partial charge in [-0.15, -0.1) is 11.3 Å². The summed E-state index contributed by atoms with van der Waals surface area (Å²) in [7, 11) is 0. The molecule has 0 atom stereocenters. The van der Waals surface area contributed by atoms with E-state index in [1.165, 1.54) is 4.68 Å². The molecule has 0 radical (unpaired) electrons. The van der Waals surface area contributed by atoms with Crippen LogP contribution in [0.2, 0.25) is 0 Å². The van der Waals surface area contributed by atoms with Crippen LogP contribution in [0.15, 0.2) is 40.5 Å². The average molecular weight is 396 g/mol. The van der Waals surface area contributed by atoms with Gasteiger partial charge in [0.15, 0.2) is 11.5 Å². The molecule has 0 aliphatic carbocycles. The molecule has 0 saturated carbocycles. The maximum absolute atomic E-state index is 12.8. The molecule has 0 fully saturated rings. The number of amides is 1. The number of ether oxygens (including phenoxy) is 2. The fourth-order valence-electron chi connectivity index (χ4n) is 3.38. The van der Waals surface area contributed by atoms with E-state index in [-0.39, 0.29) is 24.8 Å². The molecule has 0 spiro atoms. The Morgan fingerprint density at radius 3 is 2.96 bits per heavy atom. The van der Waals surface area contributed by atoms with E-state index < -0.39 is 0 Å². The Morgan fingerprint density at radius 1 is 1.21 bits per heavy atom. The molecule has 1 amide bonds. The fourth-order valence-corrected chi connectivity index (χ4v) is 4.18. The smallest absolute Gasteiger partial charge is 0.291 e. The molecule has 1 aliphatic rings. The fraction of sp³-hybridized carbons (Fsp3) is 0.211. The summed E-state index contributed by atoms with van der Waals surface area (Å²) in [5, 5.41) is 9.11. The van der Waals surface area contributed by atoms with Crippen LogP contribution in [0.3, 0.4) is 0 Å². The zero-order chi connectivity index (χ0) is 19.3. The first-order valence-electron chi connectivity index (χ1n) is 8.72. The summed E-state index contributed by atoms with van der Waals surface area (Å²) in [6.45, 7) is 2.22. The molecule has 1 N–H and O–H groups in total. The van der Waals surface area contributed by atoms with E-state index in [9.17, 15) is 9.59 Å². The first kappa shape index (κ1) is 16.8. The van der Waals surface area contributed by atoms with Crippen molar-refractivity contribution in [3.05, 3.63) is 57.5 Å². The normalized spacial score (nSPS) is 12.8. The Bertz CT molecular complexity index is 1290. The molecule has 142 valence electrons. The van der Waals surface area contributed by atoms with E-state index in [2.05, 4.69) is 10.4 Å². The number of aryl methyl sites for hydroxylation is 1. The summed E-state index contributed by atoms with van der Waals surface area (Å²) in [5.74, 6) is 1.73. The topological polar surface area (TPSA) is 86.9 Å². The van der Waals surface area contributed by atoms with Gasteiger partial charge in [0.05, 0.1) is 10.2 Å². The monoisotopic (exact) mass is 396 g/mol. The quantitative estimate of drug-likeness (QED) is 0.571. The van der Waals surface area contributed by atoms with Crippen LogP contribution in [-0.2, 0) is 17.9 Å². The zero-order valence-electron chi connectivity index (χ0n) is 15.0. The van der Waals surface area contributed by atoms with Crippen LogP contribution >= 0.6 is 11.3 Å². The molecule has 3 aromatic heterocycles. The Kier molecular flexibility index (Phi) is 3.83. The van der Waals surface area contributed by atoms with Crippen molar-refractivity contribution < 1.29 is 14.3 Å². The van der Waals surface area contributed by atoms with E-state index in [0.717, 1.165) is 15.8 Å². The number of fused-ring (bicyclic) bond motifs is 4. The van der Waals surface area contributed by atoms with Crippen molar-refractivity contribution in [3.63, 3.8) is 0 Å². The van der Waals surface area contributed by atoms with Crippen LogP contribution in [0.1, 0.15) is 11.4 Å². The lowest BCUT2D eigenvalue weighted by molar-refractivity contribution is -0.122. The maximum atomic E-state index is 12.8. The molecular formula is C19H16N4O4S. The molecule has 0 saturated heterocycles. The largest absolute Gasteiger partial charge is 0.454 e. The van der Waals surface area contributed by atoms with Gasteiger partial charge in [0, 0.05) is 6.54 Å². The number of carbonyl (C=O) groups is 1. The van der Waals surface area contributed by atoms with Crippen LogP contribution < -0.4 is 20.3 Å². The summed E-state index contributed by atoms with van der Waals surface area (Å²) < 4.78 is 14.7. The van der Waals surface area contributed by atoms with Crippen molar-refractivity contribution in [2.75, 3.05) is 6.79 Å². The van der Waals surface area contributed by atoms with Crippen molar-refractivity contribution in [1.82, 2.24) is 19.5 Å². The van der Waals surface area contributed by atoms with Crippen LogP contribution in [0.5, 0.6) is 11.5 Å². The Morgan fingerprint density at radius 2 is 2.07 bits per heavy atom. The second-order valence-electron chi connectivity index (χ2n) is 6.51. The second kappa shape index (κ2) is 6.38. The van der Waals surface area contributed by atoms with Gasteiger partial charge >= 0.3 is 0 Å². The van der Waals surface area contributed by atoms with Crippen molar-refractivity contribution in [2.24, 2.45) is 0 Å². The maximum Gasteiger partial charge on any atom is 0.291 e. The molecule has 28 heavy (non-hydrogen) atoms. The van der Waals surface area contributed by atoms with Crippen molar-refractivity contribution in [3.8, 4) is 11.5 Å². The molecule has 9 heteroatoms. The van der Waals surface area contributed by atoms with E-state index in [4.69, 9.17) is 9.47 Å². The molecule has 0 bridgehead atoms. The number of thiophene rings is 1. The van der Waals surface area contributed by atoms with E-state index in [1.54, 1.807) is 11.3 Å². The number of nitrogens with zero attached hydrogens (tertiary/aromatic N) is 3. The number of hydrogen-bond acceptors (Lipinski definition) is 6. The first-order chi connectivity index (χ1) is 13.6. The summed E-state index contributed by atoms with van der Waals surface area (Å²) in [4.78, 5) is 25.1. The number of rotatable bonds is 4. The highest BCUT2D eigenvalue weighted by Crippen LogP contribution is 2.32. The number of nitrogens with one attached hydrogen (secondary N) is 1. The van der Waals surface area contributed by atoms with Crippen molar-refractivity contribution in [1.29, 1.82) is 0 Å². The Labute approximate surface area is 162 Å². The van der Waals surface area contributed by atoms with Gasteiger partial charge in [0.25, 0.3) is 5.56 Å². The number of carbonyl (C=O) groups excluding carboxylic acids is 1. The van der Waals surface area contributed by atoms with Gasteiger partial charge in [-0.1, -0.05) is 6.07 Å². The third-order valence-electron chi connectivity index (χ3n) is 4.69. The SMILES string of the molecule is Cc1nn(CC(=O)NCc2ccc3c(c2)OCO3)c(=O)c2cc3sccc3n12. The minimum atomic E-state index is -0.288. The standard InChI is InChI=1S/C19H16N4O4S/c1-11-21-22(19(25)14-7-17-13(23(11)14)4-5-28-17)9-18(24)20-8-12-2-3-15-16(6-12)27-10-26-15/h2-7H,8-10H2,1H3,(H,20,24). The van der Waals surface area contributed by atoms with Crippen LogP contribution in [0.25, 0.3) is 15.7 Å². The number of aromatic nitrogens is 3. The summed E-state index contributed by atoms with van der Waals surface area (Å²) in [6.07, 6.45) is 0. The summed E-state index contributed by atoms with van der Waals surface area (Å²) in [5.41, 5.74) is 2.09. The Hall–Kier alpha value is -3.33. The minimum Gasteiger partial charge on any atom is -0.454 e. The van der Waals surface area contributed by atoms with Crippen molar-refractivity contribution >= 4 is 33.0 Å². The van der Waals surface area contributed by atoms with E-state index in [0.29, 0.717) is 29.4 Å². The molecule has 1 aliphatic heterocycles. The Balaban J connectivity index is 1.35. The summed E-state index contributed by atoms with van der Waals surface area (Å²) in [6, 6.07) is 9.31. The highest BCUT2D eigenvalue weighted by atomic mass is 32.1. The van der Waals surface area contributed by atoms with E-state index >= 15 is 0 Å². The molecule has 1 aromatic carbocycles. The highest BCUT2D eigenvalue weighted by Gasteiger charge is 2.16. The lowest BCUT2D eigenvalue weighted by Crippen LogP contribution is -2.34. The van der Waals surface area contributed by atoms with Crippen molar-refractivity contribution in [2.45, 2.75) is 20.0 Å².